The van der Waals surface area contributed by atoms with Gasteiger partial charge in [-0.25, -0.2) is 0 Å². The molecule has 7 nitrogen and oxygen atoms in total. The van der Waals surface area contributed by atoms with Crippen molar-refractivity contribution in [2.75, 3.05) is 14.2 Å². The zero-order valence-corrected chi connectivity index (χ0v) is 11.1. The number of H-pyrrole nitrogens is 1. The van der Waals surface area contributed by atoms with Crippen LogP contribution in [-0.2, 0) is 0 Å². The maximum absolute atomic E-state index is 9.78. The molecule has 0 spiro atoms. The lowest BCUT2D eigenvalue weighted by Crippen LogP contribution is -1.94. The molecule has 0 bridgehead atoms. The van der Waals surface area contributed by atoms with Gasteiger partial charge in [0.05, 0.1) is 20.4 Å². The zero-order chi connectivity index (χ0) is 13.8. The average Bonchev–Trinajstić information content (AvgIpc) is 2.83. The first-order chi connectivity index (χ1) is 9.15. The van der Waals surface area contributed by atoms with E-state index in [1.165, 1.54) is 25.2 Å². The molecule has 0 fully saturated rings. The molecule has 8 heteroatoms. The molecular formula is C11H12N4O3S. The van der Waals surface area contributed by atoms with Gasteiger partial charge in [-0.3, -0.25) is 5.10 Å². The summed E-state index contributed by atoms with van der Waals surface area (Å²) >= 11 is 4.96. The van der Waals surface area contributed by atoms with Crippen LogP contribution in [0.5, 0.6) is 17.2 Å². The Morgan fingerprint density at radius 3 is 2.47 bits per heavy atom. The summed E-state index contributed by atoms with van der Waals surface area (Å²) in [7, 11) is 2.92. The summed E-state index contributed by atoms with van der Waals surface area (Å²) in [5, 5.41) is 20.2. The average molecular weight is 280 g/mol. The highest BCUT2D eigenvalue weighted by atomic mass is 32.1. The number of phenols is 1. The molecule has 100 valence electrons. The molecule has 0 saturated heterocycles. The standard InChI is InChI=1S/C11H12N4O3S/c1-17-8-3-7(4-9(18-2)10(8)16)5-13-15-6-12-14-11(15)19/h3-6,16H,1-2H3,(H,14,19)/b13-5+. The number of nitrogens with zero attached hydrogens (tertiary/aromatic N) is 3. The number of aromatic nitrogens is 3. The fourth-order valence-electron chi connectivity index (χ4n) is 1.44. The van der Waals surface area contributed by atoms with Gasteiger partial charge in [-0.1, -0.05) is 0 Å². The van der Waals surface area contributed by atoms with E-state index in [-0.39, 0.29) is 5.75 Å². The Morgan fingerprint density at radius 2 is 2.00 bits per heavy atom. The maximum Gasteiger partial charge on any atom is 0.216 e. The second-order valence-corrected chi connectivity index (χ2v) is 3.91. The zero-order valence-electron chi connectivity index (χ0n) is 10.3. The van der Waals surface area contributed by atoms with E-state index in [1.54, 1.807) is 18.3 Å². The van der Waals surface area contributed by atoms with Crippen molar-refractivity contribution in [1.29, 1.82) is 0 Å². The summed E-state index contributed by atoms with van der Waals surface area (Å²) in [5.74, 6) is 0.551. The van der Waals surface area contributed by atoms with E-state index >= 15 is 0 Å². The first kappa shape index (κ1) is 13.1. The number of ether oxygens (including phenoxy) is 2. The van der Waals surface area contributed by atoms with Gasteiger partial charge in [-0.15, -0.1) is 0 Å². The van der Waals surface area contributed by atoms with Gasteiger partial charge in [0.1, 0.15) is 6.33 Å². The molecule has 0 atom stereocenters. The van der Waals surface area contributed by atoms with Gasteiger partial charge in [0.25, 0.3) is 0 Å². The van der Waals surface area contributed by atoms with E-state index in [1.807, 2.05) is 0 Å². The minimum atomic E-state index is -0.0536. The molecule has 2 rings (SSSR count). The molecule has 0 radical (unpaired) electrons. The van der Waals surface area contributed by atoms with E-state index in [0.717, 1.165) is 0 Å². The predicted octanol–water partition coefficient (Wildman–Crippen LogP) is 1.55. The summed E-state index contributed by atoms with van der Waals surface area (Å²) in [6, 6.07) is 3.26. The van der Waals surface area contributed by atoms with Gasteiger partial charge >= 0.3 is 0 Å². The highest BCUT2D eigenvalue weighted by molar-refractivity contribution is 7.71. The topological polar surface area (TPSA) is 84.7 Å². The number of benzene rings is 1. The van der Waals surface area contributed by atoms with Crippen LogP contribution in [0.15, 0.2) is 23.6 Å². The molecule has 0 aliphatic carbocycles. The number of aromatic amines is 1. The van der Waals surface area contributed by atoms with Crippen molar-refractivity contribution >= 4 is 18.4 Å². The lowest BCUT2D eigenvalue weighted by molar-refractivity contribution is 0.340. The van der Waals surface area contributed by atoms with Crippen LogP contribution in [0.25, 0.3) is 0 Å². The van der Waals surface area contributed by atoms with Crippen LogP contribution in [0.4, 0.5) is 0 Å². The fraction of sp³-hybridized carbons (Fsp3) is 0.182. The van der Waals surface area contributed by atoms with Gasteiger partial charge in [-0.2, -0.15) is 14.9 Å². The lowest BCUT2D eigenvalue weighted by atomic mass is 10.2. The Bertz CT molecular complexity index is 637. The minimum Gasteiger partial charge on any atom is -0.502 e. The quantitative estimate of drug-likeness (QED) is 0.655. The van der Waals surface area contributed by atoms with Crippen LogP contribution in [0.3, 0.4) is 0 Å². The highest BCUT2D eigenvalue weighted by Gasteiger charge is 2.10. The van der Waals surface area contributed by atoms with Crippen molar-refractivity contribution in [2.24, 2.45) is 5.10 Å². The van der Waals surface area contributed by atoms with E-state index in [9.17, 15) is 5.11 Å². The number of phenolic OH excluding ortho intramolecular Hbond substituents is 1. The number of hydrogen-bond acceptors (Lipinski definition) is 6. The minimum absolute atomic E-state index is 0.0536. The molecule has 2 aromatic rings. The van der Waals surface area contributed by atoms with Gasteiger partial charge in [0.2, 0.25) is 10.5 Å². The summed E-state index contributed by atoms with van der Waals surface area (Å²) in [6.45, 7) is 0. The summed E-state index contributed by atoms with van der Waals surface area (Å²) in [4.78, 5) is 0. The number of methoxy groups -OCH3 is 2. The Kier molecular flexibility index (Phi) is 3.81. The molecule has 0 unspecified atom stereocenters. The maximum atomic E-state index is 9.78. The van der Waals surface area contributed by atoms with Gasteiger partial charge in [0.15, 0.2) is 11.5 Å². The van der Waals surface area contributed by atoms with Gasteiger partial charge in [0, 0.05) is 5.56 Å². The molecular weight excluding hydrogens is 268 g/mol. The first-order valence-electron chi connectivity index (χ1n) is 5.27. The van der Waals surface area contributed by atoms with E-state index in [0.29, 0.717) is 21.8 Å². The van der Waals surface area contributed by atoms with E-state index < -0.39 is 0 Å². The normalized spacial score (nSPS) is 10.8. The Morgan fingerprint density at radius 1 is 1.37 bits per heavy atom. The third-order valence-electron chi connectivity index (χ3n) is 2.37. The van der Waals surface area contributed by atoms with Crippen molar-refractivity contribution in [1.82, 2.24) is 14.9 Å². The third kappa shape index (κ3) is 2.74. The van der Waals surface area contributed by atoms with Gasteiger partial charge in [-0.05, 0) is 24.4 Å². The van der Waals surface area contributed by atoms with Crippen LogP contribution in [0.2, 0.25) is 0 Å². The molecule has 0 aliphatic heterocycles. The first-order valence-corrected chi connectivity index (χ1v) is 5.68. The van der Waals surface area contributed by atoms with E-state index in [2.05, 4.69) is 15.3 Å². The molecule has 0 amide bonds. The van der Waals surface area contributed by atoms with Crippen molar-refractivity contribution in [3.63, 3.8) is 0 Å². The Hall–Kier alpha value is -2.35. The summed E-state index contributed by atoms with van der Waals surface area (Å²) in [6.07, 6.45) is 3.00. The largest absolute Gasteiger partial charge is 0.502 e. The lowest BCUT2D eigenvalue weighted by Gasteiger charge is -2.09. The molecule has 2 N–H and O–H groups in total. The number of aromatic hydroxyl groups is 1. The molecule has 0 aliphatic rings. The summed E-state index contributed by atoms with van der Waals surface area (Å²) in [5.41, 5.74) is 0.689. The fourth-order valence-corrected chi connectivity index (χ4v) is 1.59. The van der Waals surface area contributed by atoms with Crippen molar-refractivity contribution < 1.29 is 14.6 Å². The van der Waals surface area contributed by atoms with Crippen LogP contribution >= 0.6 is 12.2 Å². The number of nitrogens with one attached hydrogen (secondary N) is 1. The van der Waals surface area contributed by atoms with Gasteiger partial charge < -0.3 is 14.6 Å². The van der Waals surface area contributed by atoms with Crippen LogP contribution in [0, 0.1) is 4.77 Å². The van der Waals surface area contributed by atoms with Crippen LogP contribution < -0.4 is 9.47 Å². The van der Waals surface area contributed by atoms with Crippen molar-refractivity contribution in [3.05, 3.63) is 28.8 Å². The summed E-state index contributed by atoms with van der Waals surface area (Å²) < 4.78 is 11.9. The molecule has 1 heterocycles. The molecule has 1 aromatic heterocycles. The molecule has 1 aromatic carbocycles. The van der Waals surface area contributed by atoms with Crippen molar-refractivity contribution in [3.8, 4) is 17.2 Å². The van der Waals surface area contributed by atoms with E-state index in [4.69, 9.17) is 21.7 Å². The second-order valence-electron chi connectivity index (χ2n) is 3.52. The third-order valence-corrected chi connectivity index (χ3v) is 2.65. The highest BCUT2D eigenvalue weighted by Crippen LogP contribution is 2.36. The predicted molar refractivity (Wildman–Crippen MR) is 71.6 cm³/mol. The second kappa shape index (κ2) is 5.53. The smallest absolute Gasteiger partial charge is 0.216 e. The van der Waals surface area contributed by atoms with Crippen LogP contribution in [0.1, 0.15) is 5.56 Å². The Labute approximate surface area is 114 Å². The molecule has 19 heavy (non-hydrogen) atoms. The number of hydrogen-bond donors (Lipinski definition) is 2. The SMILES string of the molecule is COc1cc(/C=N/n2cn[nH]c2=S)cc(OC)c1O. The number of rotatable bonds is 4. The van der Waals surface area contributed by atoms with Crippen molar-refractivity contribution in [2.45, 2.75) is 0 Å². The van der Waals surface area contributed by atoms with Crippen LogP contribution in [-0.4, -0.2) is 40.4 Å². The monoisotopic (exact) mass is 280 g/mol. The Balaban J connectivity index is 2.38. The molecule has 0 saturated carbocycles.